The van der Waals surface area contributed by atoms with E-state index in [1.54, 1.807) is 25.7 Å². The summed E-state index contributed by atoms with van der Waals surface area (Å²) in [4.78, 5) is 39.5. The van der Waals surface area contributed by atoms with Crippen molar-refractivity contribution < 1.29 is 13.7 Å². The second kappa shape index (κ2) is 20.2. The third kappa shape index (κ3) is 9.89. The zero-order chi connectivity index (χ0) is 46.0. The van der Waals surface area contributed by atoms with Crippen molar-refractivity contribution in [2.75, 3.05) is 94.4 Å². The fourth-order valence-electron chi connectivity index (χ4n) is 10.1. The number of benzene rings is 3. The summed E-state index contributed by atoms with van der Waals surface area (Å²) in [6, 6.07) is 15.1. The van der Waals surface area contributed by atoms with Crippen LogP contribution in [0, 0.1) is 0 Å². The lowest BCUT2D eigenvalue weighted by molar-refractivity contribution is 0.0855. The molecule has 3 aromatic carbocycles. The van der Waals surface area contributed by atoms with Crippen LogP contribution in [-0.2, 0) is 23.8 Å². The first-order valence-electron chi connectivity index (χ1n) is 23.8. The number of piperidine rings is 2. The van der Waals surface area contributed by atoms with E-state index in [1.165, 1.54) is 11.3 Å². The van der Waals surface area contributed by atoms with Crippen molar-refractivity contribution in [2.45, 2.75) is 77.8 Å². The van der Waals surface area contributed by atoms with Crippen LogP contribution in [0.25, 0.3) is 22.0 Å². The fraction of sp³-hybridized carbons (Fsp3) is 0.490. The van der Waals surface area contributed by atoms with Crippen LogP contribution in [0.3, 0.4) is 0 Å². The molecule has 3 aliphatic heterocycles. The summed E-state index contributed by atoms with van der Waals surface area (Å²) in [5.74, 6) is 2.20. The van der Waals surface area contributed by atoms with E-state index >= 15 is 0 Å². The lowest BCUT2D eigenvalue weighted by atomic mass is 9.99. The number of fused-ring (bicyclic) bond motifs is 2. The minimum Gasteiger partial charge on any atom is -0.492 e. The van der Waals surface area contributed by atoms with Gasteiger partial charge < -0.3 is 39.5 Å². The molecular weight excluding hydrogens is 917 g/mol. The SMILES string of the molecule is CCOc1cc(N2CCC(N3CCN(CCc4cccc5c4oc(=O)n5C4CCCNC4)CC3)CC2)c(CC)cc1Nc1ncc(Br)c(Nc2ccc3nc(CC)ncc3c2P(C)(C)=O)n1. The summed E-state index contributed by atoms with van der Waals surface area (Å²) < 4.78 is 28.4. The van der Waals surface area contributed by atoms with Crippen molar-refractivity contribution in [1.82, 2.24) is 39.6 Å². The number of aromatic nitrogens is 5. The molecule has 0 bridgehead atoms. The second-order valence-electron chi connectivity index (χ2n) is 18.1. The molecule has 350 valence electrons. The van der Waals surface area contributed by atoms with Crippen molar-refractivity contribution >= 4 is 79.2 Å². The van der Waals surface area contributed by atoms with Crippen LogP contribution in [-0.4, -0.2) is 119 Å². The van der Waals surface area contributed by atoms with E-state index in [4.69, 9.17) is 14.1 Å². The predicted octanol–water partition coefficient (Wildman–Crippen LogP) is 8.10. The molecule has 17 heteroatoms. The van der Waals surface area contributed by atoms with Crippen molar-refractivity contribution in [3.05, 3.63) is 86.8 Å². The number of para-hydroxylation sites is 1. The van der Waals surface area contributed by atoms with E-state index in [0.717, 1.165) is 149 Å². The molecule has 3 N–H and O–H groups in total. The molecule has 0 aliphatic carbocycles. The van der Waals surface area contributed by atoms with E-state index in [1.807, 2.05) is 36.6 Å². The van der Waals surface area contributed by atoms with Crippen LogP contribution in [0.1, 0.15) is 69.4 Å². The van der Waals surface area contributed by atoms with Crippen LogP contribution < -0.4 is 36.6 Å². The largest absolute Gasteiger partial charge is 0.492 e. The Bertz CT molecular complexity index is 2790. The number of aryl methyl sites for hydroxylation is 2. The van der Waals surface area contributed by atoms with E-state index < -0.39 is 7.14 Å². The molecule has 66 heavy (non-hydrogen) atoms. The van der Waals surface area contributed by atoms with Crippen LogP contribution >= 0.6 is 23.1 Å². The molecule has 3 aromatic heterocycles. The number of piperazine rings is 1. The van der Waals surface area contributed by atoms with Gasteiger partial charge in [-0.3, -0.25) is 9.47 Å². The van der Waals surface area contributed by atoms with Crippen LogP contribution in [0.2, 0.25) is 0 Å². The highest BCUT2D eigenvalue weighted by Crippen LogP contribution is 2.42. The molecule has 3 fully saturated rings. The monoisotopic (exact) mass is 979 g/mol. The number of nitrogens with zero attached hydrogens (tertiary/aromatic N) is 8. The molecule has 6 heterocycles. The zero-order valence-corrected chi connectivity index (χ0v) is 41.4. The van der Waals surface area contributed by atoms with Gasteiger partial charge in [-0.2, -0.15) is 4.98 Å². The van der Waals surface area contributed by atoms with E-state index in [2.05, 4.69) is 92.7 Å². The minimum atomic E-state index is -2.77. The van der Waals surface area contributed by atoms with Gasteiger partial charge in [-0.15, -0.1) is 0 Å². The van der Waals surface area contributed by atoms with Crippen molar-refractivity contribution in [3.63, 3.8) is 0 Å². The Morgan fingerprint density at radius 2 is 1.71 bits per heavy atom. The Hall–Kier alpha value is -4.86. The van der Waals surface area contributed by atoms with Gasteiger partial charge in [0.15, 0.2) is 5.58 Å². The third-order valence-electron chi connectivity index (χ3n) is 13.5. The number of oxazole rings is 1. The summed E-state index contributed by atoms with van der Waals surface area (Å²) in [5.41, 5.74) is 7.50. The molecule has 0 amide bonds. The van der Waals surface area contributed by atoms with E-state index in [0.29, 0.717) is 39.9 Å². The van der Waals surface area contributed by atoms with Crippen LogP contribution in [0.5, 0.6) is 5.75 Å². The quantitative estimate of drug-likeness (QED) is 0.0848. The van der Waals surface area contributed by atoms with Crippen LogP contribution in [0.15, 0.2) is 68.5 Å². The number of nitrogens with one attached hydrogen (secondary N) is 3. The fourth-order valence-corrected chi connectivity index (χ4v) is 11.9. The lowest BCUT2D eigenvalue weighted by Crippen LogP contribution is -2.53. The number of halogens is 1. The molecule has 0 saturated carbocycles. The van der Waals surface area contributed by atoms with Gasteiger partial charge in [0.2, 0.25) is 5.95 Å². The molecule has 1 unspecified atom stereocenters. The van der Waals surface area contributed by atoms with Crippen molar-refractivity contribution in [3.8, 4) is 5.75 Å². The smallest absolute Gasteiger partial charge is 0.420 e. The maximum Gasteiger partial charge on any atom is 0.420 e. The van der Waals surface area contributed by atoms with Crippen molar-refractivity contribution in [1.29, 1.82) is 0 Å². The van der Waals surface area contributed by atoms with E-state index in [-0.39, 0.29) is 11.8 Å². The highest BCUT2D eigenvalue weighted by atomic mass is 79.9. The molecule has 3 aliphatic rings. The normalized spacial score (nSPS) is 18.0. The maximum atomic E-state index is 13.7. The number of anilines is 5. The van der Waals surface area contributed by atoms with Crippen LogP contribution in [0.4, 0.5) is 28.8 Å². The maximum absolute atomic E-state index is 13.7. The molecule has 3 saturated heterocycles. The molecule has 9 rings (SSSR count). The molecular formula is C49H63BrN11O4P. The average Bonchev–Trinajstić information content (AvgIpc) is 3.68. The van der Waals surface area contributed by atoms with Gasteiger partial charge in [0, 0.05) is 99.7 Å². The third-order valence-corrected chi connectivity index (χ3v) is 15.7. The standard InChI is InChI=1S/C49H63BrN11O4P/c1-6-32-27-40(56-48-53-31-37(50)47(57-48)55-39-15-14-38-36(46(39)66(4,5)63)30-52-44(7-2)54-38)43(64-8-3)28-42(32)60-21-17-34(18-22-60)59-25-23-58(24-26-59)20-16-33-11-9-13-41-45(33)65-49(62)61(41)35-12-10-19-51-29-35/h9,11,13-15,27-28,30-31,34-35,51H,6-8,10,12,16-26,29H2,1-5H3,(H2,53,55,56,57). The predicted molar refractivity (Wildman–Crippen MR) is 270 cm³/mol. The van der Waals surface area contributed by atoms with Gasteiger partial charge >= 0.3 is 5.76 Å². The number of hydrogen-bond donors (Lipinski definition) is 3. The molecule has 15 nitrogen and oxygen atoms in total. The first kappa shape index (κ1) is 46.3. The Kier molecular flexibility index (Phi) is 14.1. The first-order chi connectivity index (χ1) is 32.0. The highest BCUT2D eigenvalue weighted by molar-refractivity contribution is 9.10. The highest BCUT2D eigenvalue weighted by Gasteiger charge is 2.30. The second-order valence-corrected chi connectivity index (χ2v) is 22.1. The summed E-state index contributed by atoms with van der Waals surface area (Å²) in [6.07, 6.45) is 10.2. The average molecular weight is 981 g/mol. The molecule has 0 spiro atoms. The van der Waals surface area contributed by atoms with E-state index in [9.17, 15) is 9.36 Å². The molecule has 0 radical (unpaired) electrons. The van der Waals surface area contributed by atoms with Gasteiger partial charge in [0.1, 0.15) is 24.5 Å². The summed E-state index contributed by atoms with van der Waals surface area (Å²) in [6.45, 7) is 19.2. The van der Waals surface area contributed by atoms with Gasteiger partial charge in [-0.1, -0.05) is 26.0 Å². The van der Waals surface area contributed by atoms with Gasteiger partial charge in [0.25, 0.3) is 0 Å². The number of hydrogen-bond acceptors (Lipinski definition) is 14. The topological polar surface area (TPSA) is 159 Å². The zero-order valence-electron chi connectivity index (χ0n) is 38.9. The van der Waals surface area contributed by atoms with Gasteiger partial charge in [0.05, 0.1) is 39.5 Å². The Morgan fingerprint density at radius 3 is 2.44 bits per heavy atom. The first-order valence-corrected chi connectivity index (χ1v) is 27.2. The summed E-state index contributed by atoms with van der Waals surface area (Å²) >= 11 is 3.64. The summed E-state index contributed by atoms with van der Waals surface area (Å²) in [7, 11) is -2.77. The minimum absolute atomic E-state index is 0.148. The Morgan fingerprint density at radius 1 is 0.894 bits per heavy atom. The molecule has 6 aromatic rings. The Balaban J connectivity index is 0.829. The number of ether oxygens (including phenoxy) is 1. The van der Waals surface area contributed by atoms with Crippen molar-refractivity contribution in [2.24, 2.45) is 0 Å². The lowest BCUT2D eigenvalue weighted by Gasteiger charge is -2.43. The molecule has 1 atom stereocenters. The Labute approximate surface area is 395 Å². The number of rotatable bonds is 15. The van der Waals surface area contributed by atoms with Gasteiger partial charge in [-0.05, 0) is 117 Å². The summed E-state index contributed by atoms with van der Waals surface area (Å²) in [5, 5.41) is 11.8. The van der Waals surface area contributed by atoms with Gasteiger partial charge in [-0.25, -0.2) is 19.7 Å².